The number of hydroxylamine groups is 2. The van der Waals surface area contributed by atoms with E-state index < -0.39 is 11.6 Å². The van der Waals surface area contributed by atoms with Gasteiger partial charge in [-0.3, -0.25) is 9.63 Å². The van der Waals surface area contributed by atoms with Gasteiger partial charge < -0.3 is 9.47 Å². The van der Waals surface area contributed by atoms with E-state index in [0.717, 1.165) is 5.06 Å². The molecule has 0 bridgehead atoms. The molecule has 6 heteroatoms. The highest BCUT2D eigenvalue weighted by molar-refractivity contribution is 5.60. The van der Waals surface area contributed by atoms with E-state index in [9.17, 15) is 9.59 Å². The van der Waals surface area contributed by atoms with Crippen molar-refractivity contribution in [1.29, 1.82) is 0 Å². The average Bonchev–Trinajstić information content (AvgIpc) is 2.20. The van der Waals surface area contributed by atoms with Crippen molar-refractivity contribution in [2.24, 2.45) is 5.41 Å². The molecule has 1 saturated heterocycles. The molecule has 14 heavy (non-hydrogen) atoms. The van der Waals surface area contributed by atoms with Crippen LogP contribution in [0.2, 0.25) is 0 Å². The SMILES string of the molecule is CON(C=O)CC1(C)COC(=O)OC1. The molecule has 80 valence electrons. The summed E-state index contributed by atoms with van der Waals surface area (Å²) in [5.41, 5.74) is -0.412. The fraction of sp³-hybridized carbons (Fsp3) is 0.750. The molecule has 1 heterocycles. The molecule has 0 aromatic heterocycles. The van der Waals surface area contributed by atoms with Gasteiger partial charge in [0.25, 0.3) is 0 Å². The lowest BCUT2D eigenvalue weighted by Crippen LogP contribution is -2.45. The number of cyclic esters (lactones) is 2. The summed E-state index contributed by atoms with van der Waals surface area (Å²) in [6.07, 6.45) is -0.0978. The molecule has 1 rings (SSSR count). The molecule has 0 aliphatic carbocycles. The molecule has 0 N–H and O–H groups in total. The number of hydrogen-bond acceptors (Lipinski definition) is 5. The fourth-order valence-electron chi connectivity index (χ4n) is 1.16. The van der Waals surface area contributed by atoms with E-state index in [0.29, 0.717) is 13.0 Å². The number of carbonyl (C=O) groups excluding carboxylic acids is 2. The summed E-state index contributed by atoms with van der Waals surface area (Å²) >= 11 is 0. The largest absolute Gasteiger partial charge is 0.508 e. The average molecular weight is 203 g/mol. The minimum atomic E-state index is -0.669. The van der Waals surface area contributed by atoms with E-state index in [-0.39, 0.29) is 13.2 Å². The highest BCUT2D eigenvalue weighted by Gasteiger charge is 2.35. The Morgan fingerprint density at radius 2 is 2.14 bits per heavy atom. The Balaban J connectivity index is 2.49. The van der Waals surface area contributed by atoms with Crippen molar-refractivity contribution in [3.8, 4) is 0 Å². The lowest BCUT2D eigenvalue weighted by molar-refractivity contribution is -0.177. The van der Waals surface area contributed by atoms with E-state index in [1.165, 1.54) is 7.11 Å². The smallest absolute Gasteiger partial charge is 0.433 e. The summed E-state index contributed by atoms with van der Waals surface area (Å²) in [5.74, 6) is 0. The maximum absolute atomic E-state index is 10.6. The number of nitrogens with zero attached hydrogens (tertiary/aromatic N) is 1. The van der Waals surface area contributed by atoms with Crippen LogP contribution in [0.15, 0.2) is 0 Å². The highest BCUT2D eigenvalue weighted by atomic mass is 16.7. The molecule has 0 unspecified atom stereocenters. The summed E-state index contributed by atoms with van der Waals surface area (Å²) in [6, 6.07) is 0. The molecule has 1 amide bonds. The Bertz CT molecular complexity index is 220. The Morgan fingerprint density at radius 1 is 1.57 bits per heavy atom. The van der Waals surface area contributed by atoms with Crippen LogP contribution in [-0.2, 0) is 19.1 Å². The van der Waals surface area contributed by atoms with Gasteiger partial charge in [-0.2, -0.15) is 0 Å². The molecule has 0 atom stereocenters. The van der Waals surface area contributed by atoms with Gasteiger partial charge in [0.2, 0.25) is 6.41 Å². The van der Waals surface area contributed by atoms with Crippen LogP contribution in [0.4, 0.5) is 4.79 Å². The number of rotatable bonds is 4. The zero-order valence-corrected chi connectivity index (χ0v) is 8.19. The van der Waals surface area contributed by atoms with Gasteiger partial charge in [0, 0.05) is 0 Å². The van der Waals surface area contributed by atoms with Gasteiger partial charge in [0.05, 0.1) is 19.1 Å². The predicted octanol–water partition coefficient (Wildman–Crippen LogP) is 0.179. The minimum Gasteiger partial charge on any atom is -0.433 e. The van der Waals surface area contributed by atoms with Crippen molar-refractivity contribution in [2.45, 2.75) is 6.92 Å². The van der Waals surface area contributed by atoms with Crippen molar-refractivity contribution in [3.63, 3.8) is 0 Å². The second-order valence-corrected chi connectivity index (χ2v) is 3.50. The van der Waals surface area contributed by atoms with Crippen molar-refractivity contribution in [2.75, 3.05) is 26.9 Å². The van der Waals surface area contributed by atoms with Crippen LogP contribution in [0.3, 0.4) is 0 Å². The van der Waals surface area contributed by atoms with Gasteiger partial charge in [-0.1, -0.05) is 6.92 Å². The summed E-state index contributed by atoms with van der Waals surface area (Å²) in [5, 5.41) is 1.13. The van der Waals surface area contributed by atoms with E-state index in [2.05, 4.69) is 0 Å². The quantitative estimate of drug-likeness (QED) is 0.370. The monoisotopic (exact) mass is 203 g/mol. The van der Waals surface area contributed by atoms with Gasteiger partial charge in [-0.05, 0) is 0 Å². The summed E-state index contributed by atoms with van der Waals surface area (Å²) in [7, 11) is 1.40. The van der Waals surface area contributed by atoms with Gasteiger partial charge in [-0.25, -0.2) is 9.86 Å². The number of hydrogen-bond donors (Lipinski definition) is 0. The van der Waals surface area contributed by atoms with Crippen LogP contribution in [-0.4, -0.2) is 44.5 Å². The zero-order valence-electron chi connectivity index (χ0n) is 8.19. The first-order valence-corrected chi connectivity index (χ1v) is 4.15. The minimum absolute atomic E-state index is 0.222. The van der Waals surface area contributed by atoms with Crippen LogP contribution < -0.4 is 0 Å². The number of carbonyl (C=O) groups is 2. The fourth-order valence-corrected chi connectivity index (χ4v) is 1.16. The van der Waals surface area contributed by atoms with Crippen LogP contribution in [0.1, 0.15) is 6.92 Å². The van der Waals surface area contributed by atoms with Crippen molar-refractivity contribution in [3.05, 3.63) is 0 Å². The third kappa shape index (κ3) is 2.59. The molecular weight excluding hydrogens is 190 g/mol. The number of amides is 1. The van der Waals surface area contributed by atoms with Crippen molar-refractivity contribution in [1.82, 2.24) is 5.06 Å². The van der Waals surface area contributed by atoms with Crippen LogP contribution in [0, 0.1) is 5.41 Å². The molecular formula is C8H13NO5. The lowest BCUT2D eigenvalue weighted by atomic mass is 9.92. The Hall–Kier alpha value is -1.30. The molecule has 0 saturated carbocycles. The number of ether oxygens (including phenoxy) is 2. The first-order chi connectivity index (χ1) is 6.59. The Kier molecular flexibility index (Phi) is 3.29. The molecule has 6 nitrogen and oxygen atoms in total. The van der Waals surface area contributed by atoms with Gasteiger partial charge in [0.1, 0.15) is 13.2 Å². The second-order valence-electron chi connectivity index (χ2n) is 3.50. The van der Waals surface area contributed by atoms with Gasteiger partial charge in [0.15, 0.2) is 0 Å². The first kappa shape index (κ1) is 10.8. The van der Waals surface area contributed by atoms with E-state index >= 15 is 0 Å². The van der Waals surface area contributed by atoms with Crippen molar-refractivity contribution < 1.29 is 23.9 Å². The zero-order chi connectivity index (χ0) is 10.6. The Labute approximate surface area is 81.7 Å². The molecule has 1 fully saturated rings. The molecule has 1 aliphatic heterocycles. The van der Waals surface area contributed by atoms with E-state index in [1.807, 2.05) is 6.92 Å². The van der Waals surface area contributed by atoms with Gasteiger partial charge >= 0.3 is 6.16 Å². The molecule has 0 aromatic carbocycles. The summed E-state index contributed by atoms with van der Waals surface area (Å²) in [4.78, 5) is 25.8. The molecule has 0 spiro atoms. The first-order valence-electron chi connectivity index (χ1n) is 4.15. The lowest BCUT2D eigenvalue weighted by Gasteiger charge is -2.34. The topological polar surface area (TPSA) is 65.1 Å². The molecule has 1 aliphatic rings. The predicted molar refractivity (Wildman–Crippen MR) is 45.2 cm³/mol. The van der Waals surface area contributed by atoms with E-state index in [4.69, 9.17) is 14.3 Å². The van der Waals surface area contributed by atoms with Crippen LogP contribution in [0.25, 0.3) is 0 Å². The van der Waals surface area contributed by atoms with E-state index in [1.54, 1.807) is 0 Å². The summed E-state index contributed by atoms with van der Waals surface area (Å²) in [6.45, 7) is 2.61. The highest BCUT2D eigenvalue weighted by Crippen LogP contribution is 2.23. The molecule has 0 radical (unpaired) electrons. The third-order valence-corrected chi connectivity index (χ3v) is 1.97. The second kappa shape index (κ2) is 4.28. The maximum Gasteiger partial charge on any atom is 0.508 e. The van der Waals surface area contributed by atoms with Crippen LogP contribution >= 0.6 is 0 Å². The Morgan fingerprint density at radius 3 is 2.57 bits per heavy atom. The van der Waals surface area contributed by atoms with Gasteiger partial charge in [-0.15, -0.1) is 0 Å². The van der Waals surface area contributed by atoms with Crippen molar-refractivity contribution >= 4 is 12.6 Å². The standard InChI is InChI=1S/C8H13NO5/c1-8(3-9(6-10)12-2)4-13-7(11)14-5-8/h6H,3-5H2,1-2H3. The maximum atomic E-state index is 10.6. The normalized spacial score (nSPS) is 19.4. The van der Waals surface area contributed by atoms with Crippen LogP contribution in [0.5, 0.6) is 0 Å². The third-order valence-electron chi connectivity index (χ3n) is 1.97. The summed E-state index contributed by atoms with van der Waals surface area (Å²) < 4.78 is 9.45. The molecule has 0 aromatic rings.